The van der Waals surface area contributed by atoms with Crippen molar-refractivity contribution < 1.29 is 19.4 Å². The van der Waals surface area contributed by atoms with Gasteiger partial charge in [0.1, 0.15) is 11.7 Å². The lowest BCUT2D eigenvalue weighted by Crippen LogP contribution is -2.45. The Morgan fingerprint density at radius 2 is 1.96 bits per heavy atom. The van der Waals surface area contributed by atoms with Crippen molar-refractivity contribution >= 4 is 12.0 Å². The largest absolute Gasteiger partial charge is 0.443 e. The smallest absolute Gasteiger partial charge is 0.417 e. The van der Waals surface area contributed by atoms with E-state index in [4.69, 9.17) is 10.00 Å². The normalized spacial score (nSPS) is 18.7. The van der Waals surface area contributed by atoms with E-state index in [2.05, 4.69) is 0 Å². The van der Waals surface area contributed by atoms with Gasteiger partial charge in [0.05, 0.1) is 17.7 Å². The van der Waals surface area contributed by atoms with Crippen molar-refractivity contribution in [2.45, 2.75) is 38.5 Å². The second kappa shape index (κ2) is 6.23. The van der Waals surface area contributed by atoms with Gasteiger partial charge in [0.2, 0.25) is 0 Å². The van der Waals surface area contributed by atoms with Crippen LogP contribution in [0.25, 0.3) is 0 Å². The van der Waals surface area contributed by atoms with Gasteiger partial charge in [0, 0.05) is 6.08 Å². The van der Waals surface area contributed by atoms with Gasteiger partial charge in [-0.1, -0.05) is 18.2 Å². The number of aliphatic hydroxyl groups excluding tert-OH is 1. The van der Waals surface area contributed by atoms with Crippen LogP contribution < -0.4 is 0 Å². The van der Waals surface area contributed by atoms with Gasteiger partial charge in [0.25, 0.3) is 5.91 Å². The van der Waals surface area contributed by atoms with Crippen molar-refractivity contribution in [2.24, 2.45) is 0 Å². The highest BCUT2D eigenvalue weighted by atomic mass is 16.6. The van der Waals surface area contributed by atoms with E-state index in [1.54, 1.807) is 45.0 Å². The van der Waals surface area contributed by atoms with Gasteiger partial charge in [-0.2, -0.15) is 5.26 Å². The number of rotatable bonds is 2. The van der Waals surface area contributed by atoms with E-state index in [0.29, 0.717) is 11.1 Å². The molecule has 1 aliphatic heterocycles. The Balaban J connectivity index is 2.22. The first kappa shape index (κ1) is 16.7. The molecule has 1 aliphatic rings. The molecule has 2 amide bonds. The molecule has 6 heteroatoms. The summed E-state index contributed by atoms with van der Waals surface area (Å²) < 4.78 is 5.22. The van der Waals surface area contributed by atoms with E-state index >= 15 is 0 Å². The minimum Gasteiger partial charge on any atom is -0.443 e. The third-order valence-corrected chi connectivity index (χ3v) is 3.27. The minimum absolute atomic E-state index is 0.461. The van der Waals surface area contributed by atoms with Crippen LogP contribution in [0.15, 0.2) is 36.4 Å². The molecule has 6 nitrogen and oxygen atoms in total. The molecule has 0 bridgehead atoms. The van der Waals surface area contributed by atoms with Crippen molar-refractivity contribution in [1.29, 1.82) is 5.26 Å². The lowest BCUT2D eigenvalue weighted by Gasteiger charge is -2.29. The van der Waals surface area contributed by atoms with Gasteiger partial charge in [-0.3, -0.25) is 4.79 Å². The zero-order valence-electron chi connectivity index (χ0n) is 13.2. The SMILES string of the molecule is CC(C)(C)OC(=O)N1C(=O)C=C[C@H]1[C@@H](O)c1ccc(C#N)cc1. The number of benzene rings is 1. The van der Waals surface area contributed by atoms with E-state index in [0.717, 1.165) is 4.90 Å². The highest BCUT2D eigenvalue weighted by Gasteiger charge is 2.39. The molecule has 1 N–H and O–H groups in total. The highest BCUT2D eigenvalue weighted by Crippen LogP contribution is 2.27. The monoisotopic (exact) mass is 314 g/mol. The number of nitriles is 1. The first-order chi connectivity index (χ1) is 10.7. The zero-order chi connectivity index (χ0) is 17.2. The Morgan fingerprint density at radius 1 is 1.35 bits per heavy atom. The van der Waals surface area contributed by atoms with Crippen molar-refractivity contribution in [3.63, 3.8) is 0 Å². The molecule has 0 unspecified atom stereocenters. The number of hydrogen-bond donors (Lipinski definition) is 1. The maximum absolute atomic E-state index is 12.2. The van der Waals surface area contributed by atoms with Crippen LogP contribution in [0.4, 0.5) is 4.79 Å². The summed E-state index contributed by atoms with van der Waals surface area (Å²) >= 11 is 0. The van der Waals surface area contributed by atoms with Gasteiger partial charge in [-0.25, -0.2) is 9.69 Å². The van der Waals surface area contributed by atoms with E-state index in [1.165, 1.54) is 12.2 Å². The average molecular weight is 314 g/mol. The lowest BCUT2D eigenvalue weighted by molar-refractivity contribution is -0.126. The van der Waals surface area contributed by atoms with Crippen LogP contribution in [0.3, 0.4) is 0 Å². The van der Waals surface area contributed by atoms with E-state index in [1.807, 2.05) is 6.07 Å². The van der Waals surface area contributed by atoms with Gasteiger partial charge in [-0.15, -0.1) is 0 Å². The standard InChI is InChI=1S/C17H18N2O4/c1-17(2,3)23-16(22)19-13(8-9-14(19)20)15(21)12-6-4-11(10-18)5-7-12/h4-9,13,15,21H,1-3H3/t13-,15-/m0/s1. The Labute approximate surface area is 134 Å². The molecule has 0 aliphatic carbocycles. The number of hydrogen-bond acceptors (Lipinski definition) is 5. The molecule has 0 saturated carbocycles. The van der Waals surface area contributed by atoms with Crippen molar-refractivity contribution in [2.75, 3.05) is 0 Å². The Morgan fingerprint density at radius 3 is 2.48 bits per heavy atom. The minimum atomic E-state index is -1.10. The van der Waals surface area contributed by atoms with Crippen LogP contribution in [0.2, 0.25) is 0 Å². The van der Waals surface area contributed by atoms with Crippen LogP contribution in [0, 0.1) is 11.3 Å². The van der Waals surface area contributed by atoms with Crippen LogP contribution in [0.1, 0.15) is 38.0 Å². The molecular formula is C17H18N2O4. The fourth-order valence-corrected chi connectivity index (χ4v) is 2.22. The summed E-state index contributed by atoms with van der Waals surface area (Å²) in [4.78, 5) is 25.0. The Bertz CT molecular complexity index is 680. The molecule has 0 fully saturated rings. The predicted molar refractivity (Wildman–Crippen MR) is 82.1 cm³/mol. The number of aliphatic hydroxyl groups is 1. The number of imide groups is 1. The van der Waals surface area contributed by atoms with E-state index in [-0.39, 0.29) is 0 Å². The summed E-state index contributed by atoms with van der Waals surface area (Å²) in [6, 6.07) is 7.46. The van der Waals surface area contributed by atoms with Crippen LogP contribution in [-0.2, 0) is 9.53 Å². The van der Waals surface area contributed by atoms with Gasteiger partial charge >= 0.3 is 6.09 Å². The molecule has 0 saturated heterocycles. The van der Waals surface area contributed by atoms with E-state index < -0.39 is 29.7 Å². The maximum Gasteiger partial charge on any atom is 0.417 e. The second-order valence-electron chi connectivity index (χ2n) is 6.22. The quantitative estimate of drug-likeness (QED) is 0.904. The van der Waals surface area contributed by atoms with Crippen LogP contribution in [0.5, 0.6) is 0 Å². The van der Waals surface area contributed by atoms with Gasteiger partial charge < -0.3 is 9.84 Å². The first-order valence-electron chi connectivity index (χ1n) is 7.15. The molecule has 0 spiro atoms. The molecule has 1 aromatic rings. The number of nitrogens with zero attached hydrogens (tertiary/aromatic N) is 2. The van der Waals surface area contributed by atoms with Crippen molar-refractivity contribution in [3.05, 3.63) is 47.5 Å². The summed E-state index contributed by atoms with van der Waals surface area (Å²) in [5.41, 5.74) is 0.217. The molecule has 1 heterocycles. The number of carbonyl (C=O) groups is 2. The summed E-state index contributed by atoms with van der Waals surface area (Å²) in [5, 5.41) is 19.3. The average Bonchev–Trinajstić information content (AvgIpc) is 2.86. The molecule has 2 atom stereocenters. The molecule has 0 aromatic heterocycles. The summed E-state index contributed by atoms with van der Waals surface area (Å²) in [5.74, 6) is -0.531. The lowest BCUT2D eigenvalue weighted by atomic mass is 10.0. The third-order valence-electron chi connectivity index (χ3n) is 3.27. The molecule has 120 valence electrons. The van der Waals surface area contributed by atoms with Gasteiger partial charge in [-0.05, 0) is 38.5 Å². The van der Waals surface area contributed by atoms with Crippen molar-refractivity contribution in [1.82, 2.24) is 4.90 Å². The van der Waals surface area contributed by atoms with E-state index in [9.17, 15) is 14.7 Å². The maximum atomic E-state index is 12.2. The second-order valence-corrected chi connectivity index (χ2v) is 6.22. The number of amides is 2. The zero-order valence-corrected chi connectivity index (χ0v) is 13.2. The molecule has 23 heavy (non-hydrogen) atoms. The Kier molecular flexibility index (Phi) is 4.52. The molecule has 1 aromatic carbocycles. The summed E-state index contributed by atoms with van der Waals surface area (Å²) in [6.45, 7) is 5.10. The van der Waals surface area contributed by atoms with Crippen LogP contribution >= 0.6 is 0 Å². The number of carbonyl (C=O) groups excluding carboxylic acids is 2. The molecule has 0 radical (unpaired) electrons. The fourth-order valence-electron chi connectivity index (χ4n) is 2.22. The summed E-state index contributed by atoms with van der Waals surface area (Å²) in [6.07, 6.45) is 0.805. The highest BCUT2D eigenvalue weighted by molar-refractivity contribution is 6.01. The molecular weight excluding hydrogens is 296 g/mol. The fraction of sp³-hybridized carbons (Fsp3) is 0.353. The Hall–Kier alpha value is -2.65. The van der Waals surface area contributed by atoms with Crippen molar-refractivity contribution in [3.8, 4) is 6.07 Å². The third kappa shape index (κ3) is 3.76. The van der Waals surface area contributed by atoms with Crippen LogP contribution in [-0.4, -0.2) is 33.6 Å². The molecule has 2 rings (SSSR count). The topological polar surface area (TPSA) is 90.6 Å². The summed E-state index contributed by atoms with van der Waals surface area (Å²) in [7, 11) is 0. The van der Waals surface area contributed by atoms with Gasteiger partial charge in [0.15, 0.2) is 0 Å². The predicted octanol–water partition coefficient (Wildman–Crippen LogP) is 2.29. The number of ether oxygens (including phenoxy) is 1. The first-order valence-corrected chi connectivity index (χ1v) is 7.15.